The van der Waals surface area contributed by atoms with E-state index < -0.39 is 6.17 Å². The van der Waals surface area contributed by atoms with Crippen molar-refractivity contribution in [2.45, 2.75) is 37.4 Å². The van der Waals surface area contributed by atoms with E-state index >= 15 is 0 Å². The number of nitrogens with zero attached hydrogens (tertiary/aromatic N) is 4. The summed E-state index contributed by atoms with van der Waals surface area (Å²) < 4.78 is 13.5. The fourth-order valence-corrected chi connectivity index (χ4v) is 6.14. The molecule has 2 saturated heterocycles. The monoisotopic (exact) mass is 566 g/mol. The Hall–Kier alpha value is -2.69. The predicted octanol–water partition coefficient (Wildman–Crippen LogP) is 6.38. The number of hydrogen-bond acceptors (Lipinski definition) is 4. The Labute approximate surface area is 239 Å². The normalized spacial score (nSPS) is 18.0. The molecular weight excluding hydrogens is 534 g/mol. The van der Waals surface area contributed by atoms with Crippen LogP contribution in [0.25, 0.3) is 10.8 Å². The van der Waals surface area contributed by atoms with Crippen LogP contribution in [0.2, 0.25) is 10.0 Å². The van der Waals surface area contributed by atoms with Crippen LogP contribution in [0.1, 0.15) is 46.7 Å². The number of amides is 1. The number of halogens is 3. The molecule has 2 heterocycles. The average molecular weight is 568 g/mol. The van der Waals surface area contributed by atoms with Gasteiger partial charge in [-0.1, -0.05) is 53.5 Å². The van der Waals surface area contributed by atoms with E-state index in [0.717, 1.165) is 55.5 Å². The van der Waals surface area contributed by atoms with Crippen molar-refractivity contribution in [3.05, 3.63) is 81.3 Å². The van der Waals surface area contributed by atoms with Crippen molar-refractivity contribution in [3.63, 3.8) is 0 Å². The van der Waals surface area contributed by atoms with Crippen molar-refractivity contribution in [3.8, 4) is 6.07 Å². The number of benzene rings is 3. The molecule has 0 radical (unpaired) electrons. The number of carbonyl (C=O) groups excluding carboxylic acids is 1. The van der Waals surface area contributed by atoms with E-state index in [2.05, 4.69) is 15.9 Å². The summed E-state index contributed by atoms with van der Waals surface area (Å²) in [6.07, 6.45) is 1.49. The summed E-state index contributed by atoms with van der Waals surface area (Å²) in [6.45, 7) is 5.08. The van der Waals surface area contributed by atoms with Gasteiger partial charge in [0, 0.05) is 57.3 Å². The smallest absolute Gasteiger partial charge is 0.254 e. The molecule has 3 aromatic rings. The van der Waals surface area contributed by atoms with E-state index in [0.29, 0.717) is 46.6 Å². The lowest BCUT2D eigenvalue weighted by atomic mass is 9.93. The third-order valence-electron chi connectivity index (χ3n) is 8.18. The van der Waals surface area contributed by atoms with Gasteiger partial charge in [-0.15, -0.1) is 0 Å². The first-order chi connectivity index (χ1) is 18.8. The van der Waals surface area contributed by atoms with Gasteiger partial charge in [-0.05, 0) is 66.4 Å². The second-order valence-electron chi connectivity index (χ2n) is 10.8. The van der Waals surface area contributed by atoms with E-state index in [1.165, 1.54) is 0 Å². The van der Waals surface area contributed by atoms with E-state index in [9.17, 15) is 14.4 Å². The number of fused-ring (bicyclic) bond motifs is 1. The molecular formula is C31H33Cl2FN4O. The fourth-order valence-electron chi connectivity index (χ4n) is 5.83. The van der Waals surface area contributed by atoms with Gasteiger partial charge in [-0.25, -0.2) is 4.39 Å². The highest BCUT2D eigenvalue weighted by Crippen LogP contribution is 2.31. The number of likely N-dealkylation sites (tertiary alicyclic amines) is 2. The Bertz CT molecular complexity index is 1380. The average Bonchev–Trinajstić information content (AvgIpc) is 2.92. The van der Waals surface area contributed by atoms with Crippen LogP contribution in [-0.4, -0.2) is 79.1 Å². The van der Waals surface area contributed by atoms with Gasteiger partial charge in [-0.2, -0.15) is 5.26 Å². The molecule has 5 rings (SSSR count). The number of piperidine rings is 1. The number of likely N-dealkylation sites (N-methyl/N-ethyl adjacent to an activating group) is 1. The number of nitriles is 1. The lowest BCUT2D eigenvalue weighted by molar-refractivity contribution is 0.00870. The van der Waals surface area contributed by atoms with Crippen molar-refractivity contribution >= 4 is 39.9 Å². The Balaban J connectivity index is 1.29. The molecule has 0 saturated carbocycles. The van der Waals surface area contributed by atoms with E-state index in [1.54, 1.807) is 11.0 Å². The molecule has 3 aromatic carbocycles. The van der Waals surface area contributed by atoms with E-state index in [1.807, 2.05) is 55.6 Å². The summed E-state index contributed by atoms with van der Waals surface area (Å²) >= 11 is 12.6. The first-order valence-electron chi connectivity index (χ1n) is 13.6. The van der Waals surface area contributed by atoms with Gasteiger partial charge < -0.3 is 9.80 Å². The van der Waals surface area contributed by atoms with Crippen LogP contribution < -0.4 is 0 Å². The maximum absolute atomic E-state index is 13.7. The number of carbonyl (C=O) groups is 1. The van der Waals surface area contributed by atoms with Crippen molar-refractivity contribution < 1.29 is 9.18 Å². The van der Waals surface area contributed by atoms with Gasteiger partial charge in [0.2, 0.25) is 0 Å². The lowest BCUT2D eigenvalue weighted by Gasteiger charge is -2.47. The number of rotatable bonds is 8. The highest BCUT2D eigenvalue weighted by molar-refractivity contribution is 6.42. The molecule has 2 aliphatic heterocycles. The third-order valence-corrected chi connectivity index (χ3v) is 8.92. The minimum Gasteiger partial charge on any atom is -0.341 e. The van der Waals surface area contributed by atoms with Gasteiger partial charge in [0.15, 0.2) is 0 Å². The fraction of sp³-hybridized carbons (Fsp3) is 0.419. The molecule has 2 fully saturated rings. The topological polar surface area (TPSA) is 50.6 Å². The molecule has 0 N–H and O–H groups in total. The standard InChI is InChI=1S/C31H33Cl2FN4O/c1-36(31(39)28-15-21(17-35)14-23-4-2-3-5-27(23)28)18-24(22-6-7-29(32)30(33)16-22)8-11-37-19-26(20-37)38-12-9-25(34)10-13-38/h2-7,14-16,24-26H,8-13,18-20H2,1H3/t24-/m1/s1. The maximum Gasteiger partial charge on any atom is 0.254 e. The zero-order chi connectivity index (χ0) is 27.5. The third kappa shape index (κ3) is 6.39. The molecule has 204 valence electrons. The molecule has 1 amide bonds. The quantitative estimate of drug-likeness (QED) is 0.317. The number of alkyl halides is 1. The Morgan fingerprint density at radius 3 is 2.56 bits per heavy atom. The summed E-state index contributed by atoms with van der Waals surface area (Å²) in [7, 11) is 1.81. The van der Waals surface area contributed by atoms with E-state index in [-0.39, 0.29) is 11.8 Å². The molecule has 0 bridgehead atoms. The summed E-state index contributed by atoms with van der Waals surface area (Å²) in [6, 6.07) is 19.5. The molecule has 0 aromatic heterocycles. The minimum absolute atomic E-state index is 0.0560. The van der Waals surface area contributed by atoms with Crippen LogP contribution in [0.5, 0.6) is 0 Å². The molecule has 0 aliphatic carbocycles. The van der Waals surface area contributed by atoms with Gasteiger partial charge in [0.25, 0.3) is 5.91 Å². The Morgan fingerprint density at radius 1 is 1.10 bits per heavy atom. The van der Waals surface area contributed by atoms with Crippen LogP contribution in [0.4, 0.5) is 4.39 Å². The molecule has 0 unspecified atom stereocenters. The highest BCUT2D eigenvalue weighted by atomic mass is 35.5. The first kappa shape index (κ1) is 27.9. The second kappa shape index (κ2) is 12.2. The van der Waals surface area contributed by atoms with Gasteiger partial charge >= 0.3 is 0 Å². The van der Waals surface area contributed by atoms with Crippen molar-refractivity contribution in [1.29, 1.82) is 5.26 Å². The van der Waals surface area contributed by atoms with E-state index in [4.69, 9.17) is 23.2 Å². The van der Waals surface area contributed by atoms with Crippen LogP contribution >= 0.6 is 23.2 Å². The molecule has 1 atom stereocenters. The summed E-state index contributed by atoms with van der Waals surface area (Å²) in [4.78, 5) is 20.3. The minimum atomic E-state index is -0.649. The molecule has 2 aliphatic rings. The number of hydrogen-bond donors (Lipinski definition) is 0. The maximum atomic E-state index is 13.7. The molecule has 0 spiro atoms. The first-order valence-corrected chi connectivity index (χ1v) is 14.3. The van der Waals surface area contributed by atoms with Crippen molar-refractivity contribution in [2.75, 3.05) is 46.3 Å². The van der Waals surface area contributed by atoms with Gasteiger partial charge in [-0.3, -0.25) is 9.69 Å². The largest absolute Gasteiger partial charge is 0.341 e. The van der Waals surface area contributed by atoms with Gasteiger partial charge in [0.1, 0.15) is 6.17 Å². The van der Waals surface area contributed by atoms with Crippen LogP contribution in [0.3, 0.4) is 0 Å². The van der Waals surface area contributed by atoms with Crippen LogP contribution in [-0.2, 0) is 0 Å². The Kier molecular flexibility index (Phi) is 8.73. The SMILES string of the molecule is CN(C[C@@H](CCN1CC(N2CCC(F)CC2)C1)c1ccc(Cl)c(Cl)c1)C(=O)c1cc(C#N)cc2ccccc12. The summed E-state index contributed by atoms with van der Waals surface area (Å²) in [5, 5.41) is 12.2. The summed E-state index contributed by atoms with van der Waals surface area (Å²) in [5.41, 5.74) is 2.04. The predicted molar refractivity (Wildman–Crippen MR) is 155 cm³/mol. The van der Waals surface area contributed by atoms with Crippen molar-refractivity contribution in [1.82, 2.24) is 14.7 Å². The molecule has 8 heteroatoms. The lowest BCUT2D eigenvalue weighted by Crippen LogP contribution is -2.61. The molecule has 5 nitrogen and oxygen atoms in total. The molecule has 39 heavy (non-hydrogen) atoms. The van der Waals surface area contributed by atoms with Gasteiger partial charge in [0.05, 0.1) is 21.7 Å². The second-order valence-corrected chi connectivity index (χ2v) is 11.6. The highest BCUT2D eigenvalue weighted by Gasteiger charge is 2.34. The zero-order valence-corrected chi connectivity index (χ0v) is 23.6. The zero-order valence-electron chi connectivity index (χ0n) is 22.1. The van der Waals surface area contributed by atoms with Crippen molar-refractivity contribution in [2.24, 2.45) is 0 Å². The van der Waals surface area contributed by atoms with Crippen LogP contribution in [0, 0.1) is 11.3 Å². The Morgan fingerprint density at radius 2 is 1.85 bits per heavy atom. The summed E-state index contributed by atoms with van der Waals surface area (Å²) in [5.74, 6) is -0.0610. The van der Waals surface area contributed by atoms with Crippen LogP contribution in [0.15, 0.2) is 54.6 Å².